The van der Waals surface area contributed by atoms with Crippen molar-refractivity contribution in [3.05, 3.63) is 23.8 Å². The summed E-state index contributed by atoms with van der Waals surface area (Å²) in [4.78, 5) is 3.23. The van der Waals surface area contributed by atoms with E-state index in [0.717, 1.165) is 18.4 Å². The first kappa shape index (κ1) is 10.3. The van der Waals surface area contributed by atoms with Crippen molar-refractivity contribution in [2.24, 2.45) is 5.73 Å². The van der Waals surface area contributed by atoms with E-state index in [2.05, 4.69) is 24.4 Å². The number of rotatable bonds is 4. The quantitative estimate of drug-likeness (QED) is 0.719. The topological polar surface area (TPSA) is 41.8 Å². The van der Waals surface area contributed by atoms with Gasteiger partial charge in [-0.25, -0.2) is 0 Å². The molecule has 1 unspecified atom stereocenters. The van der Waals surface area contributed by atoms with E-state index < -0.39 is 0 Å². The maximum atomic E-state index is 5.78. The fourth-order valence-corrected chi connectivity index (χ4v) is 1.41. The number of nitrogens with one attached hydrogen (secondary N) is 1. The minimum atomic E-state index is 0.0337. The first-order chi connectivity index (χ1) is 6.16. The normalized spacial score (nSPS) is 12.5. The average Bonchev–Trinajstić information content (AvgIpc) is 2.52. The zero-order valence-electron chi connectivity index (χ0n) is 8.43. The summed E-state index contributed by atoms with van der Waals surface area (Å²) in [5.41, 5.74) is 9.24. The molecule has 0 bridgehead atoms. The third-order valence-corrected chi connectivity index (χ3v) is 2.23. The van der Waals surface area contributed by atoms with E-state index in [1.54, 1.807) is 0 Å². The van der Waals surface area contributed by atoms with Gasteiger partial charge in [-0.1, -0.05) is 0 Å². The molecule has 1 heterocycles. The Kier molecular flexibility index (Phi) is 3.49. The Morgan fingerprint density at radius 3 is 3.00 bits per heavy atom. The standard InChI is InChI=1S/C10H17BN2/c1-4-5-10-9(6-11-13-10)7(2)8(3)12/h6,8,13H,2,4-5,12H2,1,3H3. The van der Waals surface area contributed by atoms with Crippen LogP contribution in [-0.2, 0) is 6.42 Å². The third-order valence-electron chi connectivity index (χ3n) is 2.23. The van der Waals surface area contributed by atoms with Crippen LogP contribution in [0.3, 0.4) is 0 Å². The number of hydrogen-bond acceptors (Lipinski definition) is 1. The second kappa shape index (κ2) is 4.42. The number of aromatic nitrogens is 1. The third kappa shape index (κ3) is 2.31. The van der Waals surface area contributed by atoms with Crippen molar-refractivity contribution in [2.75, 3.05) is 0 Å². The number of aryl methyl sites for hydroxylation is 1. The van der Waals surface area contributed by atoms with Gasteiger partial charge in [-0.3, -0.25) is 0 Å². The molecule has 0 saturated heterocycles. The van der Waals surface area contributed by atoms with Crippen molar-refractivity contribution in [1.29, 1.82) is 0 Å². The van der Waals surface area contributed by atoms with Gasteiger partial charge < -0.3 is 0 Å². The van der Waals surface area contributed by atoms with E-state index in [9.17, 15) is 0 Å². The first-order valence-corrected chi connectivity index (χ1v) is 4.77. The van der Waals surface area contributed by atoms with Crippen LogP contribution < -0.4 is 5.73 Å². The molecule has 0 aliphatic carbocycles. The Labute approximate surface area is 80.5 Å². The number of aromatic amines is 1. The summed E-state index contributed by atoms with van der Waals surface area (Å²) in [5, 5.41) is 0. The molecular formula is C10H17BN2. The fraction of sp³-hybridized carbons (Fsp3) is 0.500. The van der Waals surface area contributed by atoms with Crippen molar-refractivity contribution in [3.63, 3.8) is 0 Å². The van der Waals surface area contributed by atoms with E-state index in [0.29, 0.717) is 0 Å². The van der Waals surface area contributed by atoms with Crippen LogP contribution in [0, 0.1) is 0 Å². The van der Waals surface area contributed by atoms with Gasteiger partial charge >= 0.3 is 79.8 Å². The van der Waals surface area contributed by atoms with Crippen LogP contribution in [0.5, 0.6) is 0 Å². The van der Waals surface area contributed by atoms with Crippen LogP contribution in [0.1, 0.15) is 31.5 Å². The molecule has 0 spiro atoms. The molecule has 2 nitrogen and oxygen atoms in total. The van der Waals surface area contributed by atoms with E-state index in [1.165, 1.54) is 11.3 Å². The zero-order chi connectivity index (χ0) is 9.84. The number of hydrogen-bond donors (Lipinski definition) is 2. The molecule has 0 radical (unpaired) electrons. The molecular weight excluding hydrogens is 159 g/mol. The molecule has 1 aromatic heterocycles. The molecule has 70 valence electrons. The van der Waals surface area contributed by atoms with Crippen molar-refractivity contribution >= 4 is 12.6 Å². The van der Waals surface area contributed by atoms with Crippen LogP contribution in [0.15, 0.2) is 12.5 Å². The van der Waals surface area contributed by atoms with Gasteiger partial charge in [0.25, 0.3) is 0 Å². The summed E-state index contributed by atoms with van der Waals surface area (Å²) >= 11 is 0. The van der Waals surface area contributed by atoms with E-state index in [4.69, 9.17) is 5.73 Å². The Morgan fingerprint density at radius 1 is 1.77 bits per heavy atom. The monoisotopic (exact) mass is 176 g/mol. The molecule has 0 aliphatic heterocycles. The SMILES string of the molecule is C=C(c1cb[nH]c1CCC)C(C)N. The predicted octanol–water partition coefficient (Wildman–Crippen LogP) is 1.67. The van der Waals surface area contributed by atoms with Gasteiger partial charge in [-0.2, -0.15) is 0 Å². The second-order valence-electron chi connectivity index (χ2n) is 3.43. The molecule has 0 fully saturated rings. The Balaban J connectivity index is 2.87. The average molecular weight is 176 g/mol. The molecule has 3 N–H and O–H groups in total. The predicted molar refractivity (Wildman–Crippen MR) is 58.8 cm³/mol. The summed E-state index contributed by atoms with van der Waals surface area (Å²) in [7, 11) is 1.95. The number of nitrogens with two attached hydrogens (primary N) is 1. The van der Waals surface area contributed by atoms with Crippen LogP contribution in [0.2, 0.25) is 0 Å². The van der Waals surface area contributed by atoms with Gasteiger partial charge in [0, 0.05) is 0 Å². The molecule has 1 rings (SSSR count). The number of H-pyrrole nitrogens is 1. The van der Waals surface area contributed by atoms with Crippen LogP contribution in [0.25, 0.3) is 5.57 Å². The van der Waals surface area contributed by atoms with Gasteiger partial charge in [-0.15, -0.1) is 0 Å². The van der Waals surface area contributed by atoms with Crippen molar-refractivity contribution in [2.45, 2.75) is 32.7 Å². The van der Waals surface area contributed by atoms with Crippen molar-refractivity contribution in [3.8, 4) is 0 Å². The molecule has 1 atom stereocenters. The summed E-state index contributed by atoms with van der Waals surface area (Å²) in [6, 6.07) is 0.0337. The Bertz CT molecular complexity index is 289. The zero-order valence-corrected chi connectivity index (χ0v) is 8.43. The van der Waals surface area contributed by atoms with Crippen molar-refractivity contribution in [1.82, 2.24) is 4.89 Å². The Hall–Kier alpha value is -0.825. The van der Waals surface area contributed by atoms with Crippen LogP contribution >= 0.6 is 0 Å². The summed E-state index contributed by atoms with van der Waals surface area (Å²) in [6.45, 7) is 8.12. The van der Waals surface area contributed by atoms with Gasteiger partial charge in [-0.05, 0) is 0 Å². The first-order valence-electron chi connectivity index (χ1n) is 4.77. The molecule has 0 aliphatic rings. The van der Waals surface area contributed by atoms with E-state index in [-0.39, 0.29) is 6.04 Å². The van der Waals surface area contributed by atoms with Gasteiger partial charge in [0.05, 0.1) is 0 Å². The summed E-state index contributed by atoms with van der Waals surface area (Å²) in [5.74, 6) is 2.05. The molecule has 3 heteroatoms. The molecule has 0 saturated carbocycles. The van der Waals surface area contributed by atoms with Crippen LogP contribution in [-0.4, -0.2) is 18.0 Å². The van der Waals surface area contributed by atoms with E-state index >= 15 is 0 Å². The van der Waals surface area contributed by atoms with E-state index in [1.807, 2.05) is 14.0 Å². The maximum absolute atomic E-state index is 5.78. The van der Waals surface area contributed by atoms with Gasteiger partial charge in [0.2, 0.25) is 0 Å². The second-order valence-corrected chi connectivity index (χ2v) is 3.43. The molecule has 1 aromatic rings. The van der Waals surface area contributed by atoms with Crippen molar-refractivity contribution < 1.29 is 0 Å². The molecule has 13 heavy (non-hydrogen) atoms. The van der Waals surface area contributed by atoms with Gasteiger partial charge in [0.15, 0.2) is 0 Å². The molecule has 0 aromatic carbocycles. The summed E-state index contributed by atoms with van der Waals surface area (Å²) < 4.78 is 0. The summed E-state index contributed by atoms with van der Waals surface area (Å²) in [6.07, 6.45) is 2.20. The fourth-order valence-electron chi connectivity index (χ4n) is 1.41. The Morgan fingerprint density at radius 2 is 2.46 bits per heavy atom. The molecule has 0 amide bonds. The van der Waals surface area contributed by atoms with Crippen LogP contribution in [0.4, 0.5) is 0 Å². The van der Waals surface area contributed by atoms with Gasteiger partial charge in [0.1, 0.15) is 0 Å². The minimum absolute atomic E-state index is 0.0337.